The van der Waals surface area contributed by atoms with Crippen molar-refractivity contribution in [2.24, 2.45) is 0 Å². The summed E-state index contributed by atoms with van der Waals surface area (Å²) in [5.74, 6) is -0.444. The molecular weight excluding hydrogens is 235 g/mol. The molecule has 0 bridgehead atoms. The highest BCUT2D eigenvalue weighted by Crippen LogP contribution is 2.17. The Kier molecular flexibility index (Phi) is 3.81. The number of β-amino-alcohol motifs (C(OH)–C–C–N with tert-alkyl or cyclic N) is 1. The van der Waals surface area contributed by atoms with Crippen molar-refractivity contribution in [3.8, 4) is 0 Å². The first-order valence-corrected chi connectivity index (χ1v) is 6.06. The summed E-state index contributed by atoms with van der Waals surface area (Å²) in [6, 6.07) is 4.30. The highest BCUT2D eigenvalue weighted by Gasteiger charge is 2.22. The highest BCUT2D eigenvalue weighted by atomic mass is 19.1. The predicted molar refractivity (Wildman–Crippen MR) is 67.0 cm³/mol. The van der Waals surface area contributed by atoms with Gasteiger partial charge in [-0.3, -0.25) is 0 Å². The van der Waals surface area contributed by atoms with Crippen molar-refractivity contribution in [1.82, 2.24) is 4.90 Å². The molecule has 0 aromatic heterocycles. The maximum absolute atomic E-state index is 13.6. The van der Waals surface area contributed by atoms with Crippen molar-refractivity contribution in [2.45, 2.75) is 25.9 Å². The maximum atomic E-state index is 13.6. The molecule has 1 aliphatic rings. The zero-order chi connectivity index (χ0) is 13.1. The molecule has 1 aromatic carbocycles. The number of aliphatic hydroxyl groups is 1. The Hall–Kier alpha value is -1.62. The Labute approximate surface area is 105 Å². The van der Waals surface area contributed by atoms with Crippen LogP contribution in [0.2, 0.25) is 0 Å². The van der Waals surface area contributed by atoms with Gasteiger partial charge in [0, 0.05) is 13.1 Å². The second kappa shape index (κ2) is 5.35. The summed E-state index contributed by atoms with van der Waals surface area (Å²) < 4.78 is 13.6. The van der Waals surface area contributed by atoms with Crippen LogP contribution in [0.25, 0.3) is 0 Å². The van der Waals surface area contributed by atoms with E-state index in [0.717, 1.165) is 12.0 Å². The van der Waals surface area contributed by atoms with Gasteiger partial charge in [-0.05, 0) is 37.5 Å². The molecule has 18 heavy (non-hydrogen) atoms. The summed E-state index contributed by atoms with van der Waals surface area (Å²) >= 11 is 0. The molecule has 1 atom stereocenters. The zero-order valence-electron chi connectivity index (χ0n) is 10.3. The first-order valence-electron chi connectivity index (χ1n) is 6.06. The van der Waals surface area contributed by atoms with Crippen LogP contribution in [0.1, 0.15) is 18.4 Å². The number of rotatable bonds is 1. The van der Waals surface area contributed by atoms with E-state index < -0.39 is 11.9 Å². The third kappa shape index (κ3) is 2.98. The Morgan fingerprint density at radius 2 is 2.33 bits per heavy atom. The molecule has 0 radical (unpaired) electrons. The van der Waals surface area contributed by atoms with E-state index in [0.29, 0.717) is 19.5 Å². The van der Waals surface area contributed by atoms with Crippen molar-refractivity contribution in [3.63, 3.8) is 0 Å². The number of hydrogen-bond donors (Lipinski definition) is 2. The van der Waals surface area contributed by atoms with Crippen LogP contribution in [0.4, 0.5) is 14.9 Å². The Balaban J connectivity index is 2.02. The van der Waals surface area contributed by atoms with Gasteiger partial charge in [-0.2, -0.15) is 0 Å². The average molecular weight is 252 g/mol. The number of benzene rings is 1. The van der Waals surface area contributed by atoms with Crippen LogP contribution < -0.4 is 5.32 Å². The maximum Gasteiger partial charge on any atom is 0.322 e. The number of aliphatic hydroxyl groups excluding tert-OH is 1. The minimum atomic E-state index is -0.479. The number of piperidine rings is 1. The van der Waals surface area contributed by atoms with Gasteiger partial charge in [0.15, 0.2) is 0 Å². The van der Waals surface area contributed by atoms with Crippen LogP contribution in [-0.2, 0) is 0 Å². The number of carbonyl (C=O) groups is 1. The Morgan fingerprint density at radius 3 is 3.00 bits per heavy atom. The summed E-state index contributed by atoms with van der Waals surface area (Å²) in [5, 5.41) is 12.0. The van der Waals surface area contributed by atoms with Crippen molar-refractivity contribution in [3.05, 3.63) is 29.6 Å². The quantitative estimate of drug-likeness (QED) is 0.804. The highest BCUT2D eigenvalue weighted by molar-refractivity contribution is 5.89. The van der Waals surface area contributed by atoms with Crippen molar-refractivity contribution in [2.75, 3.05) is 18.4 Å². The molecule has 4 nitrogen and oxygen atoms in total. The smallest absolute Gasteiger partial charge is 0.322 e. The molecule has 2 amide bonds. The molecule has 0 aliphatic carbocycles. The fourth-order valence-corrected chi connectivity index (χ4v) is 2.05. The number of nitrogens with zero attached hydrogens (tertiary/aromatic N) is 1. The van der Waals surface area contributed by atoms with Gasteiger partial charge < -0.3 is 15.3 Å². The van der Waals surface area contributed by atoms with Crippen molar-refractivity contribution in [1.29, 1.82) is 0 Å². The van der Waals surface area contributed by atoms with E-state index in [1.165, 1.54) is 11.0 Å². The minimum absolute atomic E-state index is 0.172. The summed E-state index contributed by atoms with van der Waals surface area (Å²) in [5.41, 5.74) is 0.976. The summed E-state index contributed by atoms with van der Waals surface area (Å²) in [4.78, 5) is 13.4. The number of hydrogen-bond acceptors (Lipinski definition) is 2. The lowest BCUT2D eigenvalue weighted by molar-refractivity contribution is 0.0883. The third-order valence-corrected chi connectivity index (χ3v) is 3.05. The SMILES string of the molecule is Cc1ccc(NC(=O)N2CCCC(O)C2)c(F)c1. The molecule has 2 rings (SSSR count). The number of halogens is 1. The lowest BCUT2D eigenvalue weighted by Crippen LogP contribution is -2.44. The van der Waals surface area contributed by atoms with E-state index in [4.69, 9.17) is 0 Å². The average Bonchev–Trinajstić information content (AvgIpc) is 2.32. The standard InChI is InChI=1S/C13H17FN2O2/c1-9-4-5-12(11(14)7-9)15-13(18)16-6-2-3-10(17)8-16/h4-5,7,10,17H,2-3,6,8H2,1H3,(H,15,18). The van der Waals surface area contributed by atoms with Crippen LogP contribution in [0.3, 0.4) is 0 Å². The van der Waals surface area contributed by atoms with E-state index >= 15 is 0 Å². The molecule has 1 heterocycles. The van der Waals surface area contributed by atoms with Gasteiger partial charge in [-0.1, -0.05) is 6.07 Å². The summed E-state index contributed by atoms with van der Waals surface area (Å²) in [6.07, 6.45) is 1.00. The molecule has 2 N–H and O–H groups in total. The second-order valence-electron chi connectivity index (χ2n) is 4.66. The summed E-state index contributed by atoms with van der Waals surface area (Å²) in [6.45, 7) is 2.69. The molecule has 0 spiro atoms. The molecule has 1 unspecified atom stereocenters. The Bertz CT molecular complexity index is 451. The molecule has 1 aromatic rings. The molecule has 1 aliphatic heterocycles. The normalized spacial score (nSPS) is 19.7. The van der Waals surface area contributed by atoms with Gasteiger partial charge >= 0.3 is 6.03 Å². The lowest BCUT2D eigenvalue weighted by Gasteiger charge is -2.30. The van der Waals surface area contributed by atoms with Crippen LogP contribution in [0, 0.1) is 12.7 Å². The topological polar surface area (TPSA) is 52.6 Å². The third-order valence-electron chi connectivity index (χ3n) is 3.05. The van der Waals surface area contributed by atoms with E-state index in [-0.39, 0.29) is 11.7 Å². The van der Waals surface area contributed by atoms with Gasteiger partial charge in [0.25, 0.3) is 0 Å². The van der Waals surface area contributed by atoms with E-state index in [9.17, 15) is 14.3 Å². The van der Waals surface area contributed by atoms with Crippen LogP contribution in [0.5, 0.6) is 0 Å². The predicted octanol–water partition coefficient (Wildman–Crippen LogP) is 2.12. The van der Waals surface area contributed by atoms with E-state index in [2.05, 4.69) is 5.32 Å². The lowest BCUT2D eigenvalue weighted by atomic mass is 10.1. The summed E-state index contributed by atoms with van der Waals surface area (Å²) in [7, 11) is 0. The van der Waals surface area contributed by atoms with Crippen LogP contribution in [-0.4, -0.2) is 35.2 Å². The fraction of sp³-hybridized carbons (Fsp3) is 0.462. The van der Waals surface area contributed by atoms with Crippen molar-refractivity contribution >= 4 is 11.7 Å². The second-order valence-corrected chi connectivity index (χ2v) is 4.66. The largest absolute Gasteiger partial charge is 0.391 e. The number of urea groups is 1. The monoisotopic (exact) mass is 252 g/mol. The first kappa shape index (κ1) is 12.8. The number of likely N-dealkylation sites (tertiary alicyclic amines) is 1. The zero-order valence-corrected chi connectivity index (χ0v) is 10.3. The van der Waals surface area contributed by atoms with Crippen LogP contribution >= 0.6 is 0 Å². The van der Waals surface area contributed by atoms with E-state index in [1.54, 1.807) is 19.1 Å². The Morgan fingerprint density at radius 1 is 1.56 bits per heavy atom. The van der Waals surface area contributed by atoms with Gasteiger partial charge in [0.05, 0.1) is 11.8 Å². The van der Waals surface area contributed by atoms with Gasteiger partial charge in [-0.15, -0.1) is 0 Å². The molecule has 0 saturated carbocycles. The number of carbonyl (C=O) groups excluding carboxylic acids is 1. The van der Waals surface area contributed by atoms with Gasteiger partial charge in [-0.25, -0.2) is 9.18 Å². The molecule has 5 heteroatoms. The number of anilines is 1. The fourth-order valence-electron chi connectivity index (χ4n) is 2.05. The van der Waals surface area contributed by atoms with E-state index in [1.807, 2.05) is 0 Å². The molecular formula is C13H17FN2O2. The minimum Gasteiger partial charge on any atom is -0.391 e. The first-order chi connectivity index (χ1) is 8.56. The number of aryl methyl sites for hydroxylation is 1. The molecule has 98 valence electrons. The number of nitrogens with one attached hydrogen (secondary N) is 1. The molecule has 1 saturated heterocycles. The van der Waals surface area contributed by atoms with Crippen LogP contribution in [0.15, 0.2) is 18.2 Å². The van der Waals surface area contributed by atoms with Crippen molar-refractivity contribution < 1.29 is 14.3 Å². The van der Waals surface area contributed by atoms with Gasteiger partial charge in [0.1, 0.15) is 5.82 Å². The number of amides is 2. The van der Waals surface area contributed by atoms with Gasteiger partial charge in [0.2, 0.25) is 0 Å². The molecule has 1 fully saturated rings.